The van der Waals surface area contributed by atoms with Crippen molar-refractivity contribution in [2.24, 2.45) is 0 Å². The number of aromatic nitrogens is 5. The maximum absolute atomic E-state index is 11.2. The van der Waals surface area contributed by atoms with Crippen LogP contribution in [0.4, 0.5) is 0 Å². The number of esters is 1. The molecule has 2 aromatic rings. The van der Waals surface area contributed by atoms with Crippen LogP contribution in [0.5, 0.6) is 0 Å². The minimum atomic E-state index is -0.380. The first-order chi connectivity index (χ1) is 8.69. The van der Waals surface area contributed by atoms with E-state index in [9.17, 15) is 4.79 Å². The molecule has 0 spiro atoms. The monoisotopic (exact) mass is 285 g/mol. The molecule has 0 fully saturated rings. The first-order valence-corrected chi connectivity index (χ1v) is 6.92. The van der Waals surface area contributed by atoms with Crippen molar-refractivity contribution in [1.82, 2.24) is 25.2 Å². The molecule has 18 heavy (non-hydrogen) atoms. The molecular weight excluding hydrogens is 274 g/mol. The van der Waals surface area contributed by atoms with Crippen molar-refractivity contribution in [2.75, 3.05) is 7.11 Å². The van der Waals surface area contributed by atoms with Gasteiger partial charge in [0.2, 0.25) is 5.16 Å². The van der Waals surface area contributed by atoms with Crippen LogP contribution in [0.25, 0.3) is 0 Å². The van der Waals surface area contributed by atoms with Crippen LogP contribution in [0.2, 0.25) is 0 Å². The highest BCUT2D eigenvalue weighted by molar-refractivity contribution is 7.98. The molecule has 2 heterocycles. The summed E-state index contributed by atoms with van der Waals surface area (Å²) in [6, 6.07) is 0. The SMILES string of the molecule is COC(=O)Cn1nnnc1SCc1nc(C)cs1. The Balaban J connectivity index is 1.97. The summed E-state index contributed by atoms with van der Waals surface area (Å²) in [6.07, 6.45) is 0. The fraction of sp³-hybridized carbons (Fsp3) is 0.444. The molecule has 2 rings (SSSR count). The molecule has 0 unspecified atom stereocenters. The number of nitrogens with zero attached hydrogens (tertiary/aromatic N) is 5. The maximum Gasteiger partial charge on any atom is 0.327 e. The topological polar surface area (TPSA) is 82.8 Å². The zero-order valence-electron chi connectivity index (χ0n) is 9.86. The number of carbonyl (C=O) groups is 1. The molecule has 0 bridgehead atoms. The second kappa shape index (κ2) is 5.91. The third kappa shape index (κ3) is 3.26. The van der Waals surface area contributed by atoms with Gasteiger partial charge in [-0.1, -0.05) is 11.8 Å². The predicted molar refractivity (Wildman–Crippen MR) is 66.2 cm³/mol. The van der Waals surface area contributed by atoms with Crippen molar-refractivity contribution in [3.05, 3.63) is 16.1 Å². The number of thioether (sulfide) groups is 1. The number of thiazole rings is 1. The highest BCUT2D eigenvalue weighted by Gasteiger charge is 2.11. The molecule has 96 valence electrons. The maximum atomic E-state index is 11.2. The average molecular weight is 285 g/mol. The van der Waals surface area contributed by atoms with Gasteiger partial charge in [0.05, 0.1) is 12.9 Å². The Morgan fingerprint density at radius 1 is 1.61 bits per heavy atom. The lowest BCUT2D eigenvalue weighted by molar-refractivity contribution is -0.141. The van der Waals surface area contributed by atoms with Gasteiger partial charge in [-0.15, -0.1) is 16.4 Å². The van der Waals surface area contributed by atoms with Crippen molar-refractivity contribution >= 4 is 29.1 Å². The fourth-order valence-electron chi connectivity index (χ4n) is 1.18. The Labute approximate surface area is 112 Å². The van der Waals surface area contributed by atoms with Crippen LogP contribution in [0, 0.1) is 6.92 Å². The number of aryl methyl sites for hydroxylation is 1. The lowest BCUT2D eigenvalue weighted by Crippen LogP contribution is -2.13. The summed E-state index contributed by atoms with van der Waals surface area (Å²) in [5, 5.41) is 14.7. The molecule has 0 aliphatic rings. The smallest absolute Gasteiger partial charge is 0.327 e. The van der Waals surface area contributed by atoms with E-state index in [0.29, 0.717) is 10.9 Å². The Morgan fingerprint density at radius 2 is 2.44 bits per heavy atom. The Hall–Kier alpha value is -1.48. The quantitative estimate of drug-likeness (QED) is 0.596. The van der Waals surface area contributed by atoms with E-state index in [2.05, 4.69) is 25.2 Å². The third-order valence-electron chi connectivity index (χ3n) is 2.00. The van der Waals surface area contributed by atoms with Gasteiger partial charge in [0.1, 0.15) is 11.6 Å². The molecule has 9 heteroatoms. The molecular formula is C9H11N5O2S2. The van der Waals surface area contributed by atoms with E-state index >= 15 is 0 Å². The molecule has 0 aliphatic heterocycles. The van der Waals surface area contributed by atoms with Crippen LogP contribution in [0.3, 0.4) is 0 Å². The van der Waals surface area contributed by atoms with Crippen molar-refractivity contribution in [2.45, 2.75) is 24.4 Å². The molecule has 0 saturated carbocycles. The number of hydrogen-bond acceptors (Lipinski definition) is 8. The number of tetrazole rings is 1. The van der Waals surface area contributed by atoms with Gasteiger partial charge in [0, 0.05) is 11.1 Å². The summed E-state index contributed by atoms with van der Waals surface area (Å²) in [4.78, 5) is 15.5. The molecule has 0 radical (unpaired) electrons. The molecule has 0 aromatic carbocycles. The summed E-state index contributed by atoms with van der Waals surface area (Å²) in [6.45, 7) is 1.97. The zero-order valence-corrected chi connectivity index (χ0v) is 11.5. The summed E-state index contributed by atoms with van der Waals surface area (Å²) < 4.78 is 5.98. The second-order valence-electron chi connectivity index (χ2n) is 3.37. The van der Waals surface area contributed by atoms with Gasteiger partial charge in [-0.25, -0.2) is 9.67 Å². The number of rotatable bonds is 5. The van der Waals surface area contributed by atoms with Crippen LogP contribution in [0.15, 0.2) is 10.5 Å². The fourth-order valence-corrected chi connectivity index (χ4v) is 2.85. The molecule has 2 aromatic heterocycles. The number of hydrogen-bond donors (Lipinski definition) is 0. The zero-order chi connectivity index (χ0) is 13.0. The lowest BCUT2D eigenvalue weighted by atomic mass is 10.6. The Morgan fingerprint density at radius 3 is 3.11 bits per heavy atom. The third-order valence-corrected chi connectivity index (χ3v) is 4.11. The summed E-state index contributed by atoms with van der Waals surface area (Å²) >= 11 is 3.03. The number of ether oxygens (including phenoxy) is 1. The van der Waals surface area contributed by atoms with Crippen LogP contribution >= 0.6 is 23.1 Å². The minimum Gasteiger partial charge on any atom is -0.468 e. The largest absolute Gasteiger partial charge is 0.468 e. The van der Waals surface area contributed by atoms with E-state index in [-0.39, 0.29) is 12.5 Å². The Kier molecular flexibility index (Phi) is 4.26. The van der Waals surface area contributed by atoms with E-state index in [1.807, 2.05) is 12.3 Å². The van der Waals surface area contributed by atoms with Crippen molar-refractivity contribution in [3.8, 4) is 0 Å². The van der Waals surface area contributed by atoms with Crippen molar-refractivity contribution in [3.63, 3.8) is 0 Å². The van der Waals surface area contributed by atoms with Gasteiger partial charge < -0.3 is 4.74 Å². The van der Waals surface area contributed by atoms with Crippen LogP contribution < -0.4 is 0 Å². The average Bonchev–Trinajstić information content (AvgIpc) is 2.96. The molecule has 0 atom stereocenters. The van der Waals surface area contributed by atoms with Gasteiger partial charge in [-0.3, -0.25) is 4.79 Å². The van der Waals surface area contributed by atoms with E-state index in [1.54, 1.807) is 11.3 Å². The molecule has 0 N–H and O–H groups in total. The van der Waals surface area contributed by atoms with E-state index in [4.69, 9.17) is 0 Å². The normalized spacial score (nSPS) is 10.6. The van der Waals surface area contributed by atoms with Crippen LogP contribution in [0.1, 0.15) is 10.7 Å². The van der Waals surface area contributed by atoms with E-state index < -0.39 is 0 Å². The van der Waals surface area contributed by atoms with E-state index in [0.717, 1.165) is 10.7 Å². The van der Waals surface area contributed by atoms with Gasteiger partial charge in [0.15, 0.2) is 0 Å². The van der Waals surface area contributed by atoms with Crippen LogP contribution in [-0.2, 0) is 21.8 Å². The van der Waals surface area contributed by atoms with Gasteiger partial charge in [-0.05, 0) is 17.4 Å². The molecule has 0 aliphatic carbocycles. The van der Waals surface area contributed by atoms with E-state index in [1.165, 1.54) is 23.6 Å². The molecule has 0 saturated heterocycles. The molecule has 7 nitrogen and oxygen atoms in total. The minimum absolute atomic E-state index is 0.0166. The highest BCUT2D eigenvalue weighted by Crippen LogP contribution is 2.21. The first kappa shape index (κ1) is 13.0. The number of carbonyl (C=O) groups excluding carboxylic acids is 1. The van der Waals surface area contributed by atoms with Gasteiger partial charge in [0.25, 0.3) is 0 Å². The lowest BCUT2D eigenvalue weighted by Gasteiger charge is -2.01. The standard InChI is InChI=1S/C9H11N5O2S2/c1-6-4-17-7(10-6)5-18-9-11-12-13-14(9)3-8(15)16-2/h4H,3,5H2,1-2H3. The van der Waals surface area contributed by atoms with Crippen molar-refractivity contribution in [1.29, 1.82) is 0 Å². The number of methoxy groups -OCH3 is 1. The predicted octanol–water partition coefficient (Wildman–Crippen LogP) is 0.903. The highest BCUT2D eigenvalue weighted by atomic mass is 32.2. The van der Waals surface area contributed by atoms with Crippen LogP contribution in [-0.4, -0.2) is 38.3 Å². The van der Waals surface area contributed by atoms with Gasteiger partial charge >= 0.3 is 5.97 Å². The molecule has 0 amide bonds. The van der Waals surface area contributed by atoms with Gasteiger partial charge in [-0.2, -0.15) is 0 Å². The van der Waals surface area contributed by atoms with Crippen molar-refractivity contribution < 1.29 is 9.53 Å². The Bertz CT molecular complexity index is 539. The summed E-state index contributed by atoms with van der Waals surface area (Å²) in [5.74, 6) is 0.300. The summed E-state index contributed by atoms with van der Waals surface area (Å²) in [7, 11) is 1.33. The summed E-state index contributed by atoms with van der Waals surface area (Å²) in [5.41, 5.74) is 1.00. The first-order valence-electron chi connectivity index (χ1n) is 5.06. The second-order valence-corrected chi connectivity index (χ2v) is 5.25.